The van der Waals surface area contributed by atoms with E-state index in [0.29, 0.717) is 30.1 Å². The molecule has 1 aliphatic rings. The number of benzene rings is 2. The number of fused-ring (bicyclic) bond motifs is 1. The van der Waals surface area contributed by atoms with Gasteiger partial charge in [-0.25, -0.2) is 0 Å². The fraction of sp³-hybridized carbons (Fsp3) is 0.211. The van der Waals surface area contributed by atoms with Crippen molar-refractivity contribution >= 4 is 11.9 Å². The van der Waals surface area contributed by atoms with E-state index >= 15 is 0 Å². The predicted molar refractivity (Wildman–Crippen MR) is 86.5 cm³/mol. The van der Waals surface area contributed by atoms with Crippen LogP contribution in [0.2, 0.25) is 0 Å². The molecule has 3 nitrogen and oxygen atoms in total. The Balaban J connectivity index is 1.80. The molecule has 0 radical (unpaired) electrons. The first kappa shape index (κ1) is 14.4. The number of Topliss-reactive ketones (excluding diaryl/α,β-unsaturated/α-hetero) is 1. The largest absolute Gasteiger partial charge is 0.494 e. The Labute approximate surface area is 130 Å². The minimum atomic E-state index is 0.0353. The van der Waals surface area contributed by atoms with E-state index in [4.69, 9.17) is 9.47 Å². The van der Waals surface area contributed by atoms with Gasteiger partial charge in [-0.2, -0.15) is 0 Å². The van der Waals surface area contributed by atoms with Crippen LogP contribution in [0.15, 0.2) is 54.1 Å². The number of para-hydroxylation sites is 1. The summed E-state index contributed by atoms with van der Waals surface area (Å²) in [6.45, 7) is 3.10. The quantitative estimate of drug-likeness (QED) is 0.795. The van der Waals surface area contributed by atoms with Crippen LogP contribution >= 0.6 is 0 Å². The topological polar surface area (TPSA) is 35.5 Å². The highest BCUT2D eigenvalue weighted by atomic mass is 16.5. The van der Waals surface area contributed by atoms with Crippen LogP contribution in [-0.4, -0.2) is 19.0 Å². The van der Waals surface area contributed by atoms with Gasteiger partial charge >= 0.3 is 0 Å². The number of ether oxygens (including phenoxy) is 2. The predicted octanol–water partition coefficient (Wildman–Crippen LogP) is 4.13. The lowest BCUT2D eigenvalue weighted by atomic mass is 9.98. The van der Waals surface area contributed by atoms with Crippen LogP contribution < -0.4 is 9.47 Å². The summed E-state index contributed by atoms with van der Waals surface area (Å²) in [7, 11) is 0. The van der Waals surface area contributed by atoms with E-state index < -0.39 is 0 Å². The Bertz CT molecular complexity index is 699. The van der Waals surface area contributed by atoms with Crippen molar-refractivity contribution in [3.8, 4) is 11.5 Å². The molecule has 1 heterocycles. The molecule has 0 spiro atoms. The van der Waals surface area contributed by atoms with Crippen LogP contribution in [0.1, 0.15) is 29.3 Å². The van der Waals surface area contributed by atoms with Gasteiger partial charge in [-0.1, -0.05) is 31.2 Å². The first-order valence-corrected chi connectivity index (χ1v) is 7.48. The van der Waals surface area contributed by atoms with E-state index in [1.54, 1.807) is 6.07 Å². The number of carbonyl (C=O) groups excluding carboxylic acids is 1. The van der Waals surface area contributed by atoms with Crippen molar-refractivity contribution in [2.24, 2.45) is 0 Å². The van der Waals surface area contributed by atoms with Gasteiger partial charge in [0.15, 0.2) is 5.78 Å². The lowest BCUT2D eigenvalue weighted by Gasteiger charge is -2.18. The Morgan fingerprint density at radius 3 is 2.68 bits per heavy atom. The fourth-order valence-corrected chi connectivity index (χ4v) is 2.36. The smallest absolute Gasteiger partial charge is 0.196 e. The second-order valence-electron chi connectivity index (χ2n) is 5.20. The van der Waals surface area contributed by atoms with E-state index in [-0.39, 0.29) is 5.78 Å². The third-order valence-electron chi connectivity index (χ3n) is 3.50. The van der Waals surface area contributed by atoms with Crippen molar-refractivity contribution < 1.29 is 14.3 Å². The molecule has 0 aliphatic carbocycles. The molecule has 22 heavy (non-hydrogen) atoms. The molecule has 0 unspecified atom stereocenters. The lowest BCUT2D eigenvalue weighted by Crippen LogP contribution is -2.18. The van der Waals surface area contributed by atoms with Gasteiger partial charge in [0.1, 0.15) is 18.1 Å². The van der Waals surface area contributed by atoms with Gasteiger partial charge in [0.25, 0.3) is 0 Å². The first-order chi connectivity index (χ1) is 10.8. The van der Waals surface area contributed by atoms with Gasteiger partial charge in [-0.15, -0.1) is 0 Å². The zero-order chi connectivity index (χ0) is 15.4. The SMILES string of the molecule is CCCOc1ccc(/C=C2/COc3ccccc3C2=O)cc1. The fourth-order valence-electron chi connectivity index (χ4n) is 2.36. The van der Waals surface area contributed by atoms with Crippen LogP contribution in [-0.2, 0) is 0 Å². The number of ketones is 1. The lowest BCUT2D eigenvalue weighted by molar-refractivity contribution is 0.100. The summed E-state index contributed by atoms with van der Waals surface area (Å²) in [4.78, 5) is 12.5. The van der Waals surface area contributed by atoms with E-state index in [1.807, 2.05) is 48.5 Å². The maximum atomic E-state index is 12.5. The molecule has 0 aromatic heterocycles. The van der Waals surface area contributed by atoms with Gasteiger partial charge in [0, 0.05) is 5.57 Å². The van der Waals surface area contributed by atoms with Gasteiger partial charge in [0.05, 0.1) is 12.2 Å². The number of hydrogen-bond acceptors (Lipinski definition) is 3. The van der Waals surface area contributed by atoms with Crippen molar-refractivity contribution in [1.29, 1.82) is 0 Å². The first-order valence-electron chi connectivity index (χ1n) is 7.48. The molecule has 1 aliphatic heterocycles. The van der Waals surface area contributed by atoms with Gasteiger partial charge < -0.3 is 9.47 Å². The molecular weight excluding hydrogens is 276 g/mol. The summed E-state index contributed by atoms with van der Waals surface area (Å²) >= 11 is 0. The molecule has 2 aromatic carbocycles. The van der Waals surface area contributed by atoms with Gasteiger partial charge in [-0.3, -0.25) is 4.79 Å². The Hall–Kier alpha value is -2.55. The van der Waals surface area contributed by atoms with Gasteiger partial charge in [-0.05, 0) is 42.3 Å². The summed E-state index contributed by atoms with van der Waals surface area (Å²) in [5.41, 5.74) is 2.26. The van der Waals surface area contributed by atoms with Crippen LogP contribution in [0.3, 0.4) is 0 Å². The number of carbonyl (C=O) groups is 1. The number of rotatable bonds is 4. The maximum absolute atomic E-state index is 12.5. The highest BCUT2D eigenvalue weighted by Crippen LogP contribution is 2.27. The molecule has 0 N–H and O–H groups in total. The second-order valence-corrected chi connectivity index (χ2v) is 5.20. The molecule has 0 atom stereocenters. The highest BCUT2D eigenvalue weighted by molar-refractivity contribution is 6.14. The molecule has 3 heteroatoms. The molecule has 112 valence electrons. The molecular formula is C19H18O3. The third-order valence-corrected chi connectivity index (χ3v) is 3.50. The summed E-state index contributed by atoms with van der Waals surface area (Å²) < 4.78 is 11.2. The monoisotopic (exact) mass is 294 g/mol. The van der Waals surface area contributed by atoms with Crippen molar-refractivity contribution in [1.82, 2.24) is 0 Å². The Morgan fingerprint density at radius 1 is 1.14 bits per heavy atom. The standard InChI is InChI=1S/C19H18O3/c1-2-11-21-16-9-7-14(8-10-16)12-15-13-22-18-6-4-3-5-17(18)19(15)20/h3-10,12H,2,11,13H2,1H3/b15-12-. The normalized spacial score (nSPS) is 15.3. The molecule has 0 saturated carbocycles. The van der Waals surface area contributed by atoms with Crippen molar-refractivity contribution in [3.63, 3.8) is 0 Å². The second kappa shape index (κ2) is 6.48. The number of hydrogen-bond donors (Lipinski definition) is 0. The summed E-state index contributed by atoms with van der Waals surface area (Å²) in [6, 6.07) is 15.1. The van der Waals surface area contributed by atoms with E-state index in [1.165, 1.54) is 0 Å². The average Bonchev–Trinajstić information content (AvgIpc) is 2.57. The van der Waals surface area contributed by atoms with Crippen LogP contribution in [0.4, 0.5) is 0 Å². The summed E-state index contributed by atoms with van der Waals surface area (Å²) in [6.07, 6.45) is 2.86. The van der Waals surface area contributed by atoms with E-state index in [0.717, 1.165) is 17.7 Å². The average molecular weight is 294 g/mol. The Morgan fingerprint density at radius 2 is 1.91 bits per heavy atom. The maximum Gasteiger partial charge on any atom is 0.196 e. The van der Waals surface area contributed by atoms with E-state index in [9.17, 15) is 4.79 Å². The zero-order valence-corrected chi connectivity index (χ0v) is 12.5. The van der Waals surface area contributed by atoms with Crippen LogP contribution in [0.5, 0.6) is 11.5 Å². The molecule has 3 rings (SSSR count). The van der Waals surface area contributed by atoms with Crippen LogP contribution in [0.25, 0.3) is 6.08 Å². The van der Waals surface area contributed by atoms with Crippen molar-refractivity contribution in [2.45, 2.75) is 13.3 Å². The molecule has 0 fully saturated rings. The van der Waals surface area contributed by atoms with Crippen LogP contribution in [0, 0.1) is 0 Å². The molecule has 0 saturated heterocycles. The molecule has 0 bridgehead atoms. The molecule has 2 aromatic rings. The van der Waals surface area contributed by atoms with Crippen molar-refractivity contribution in [3.05, 3.63) is 65.2 Å². The summed E-state index contributed by atoms with van der Waals surface area (Å²) in [5.74, 6) is 1.54. The molecule has 0 amide bonds. The third kappa shape index (κ3) is 3.03. The Kier molecular flexibility index (Phi) is 4.24. The highest BCUT2D eigenvalue weighted by Gasteiger charge is 2.22. The van der Waals surface area contributed by atoms with Crippen molar-refractivity contribution in [2.75, 3.05) is 13.2 Å². The minimum Gasteiger partial charge on any atom is -0.494 e. The van der Waals surface area contributed by atoms with Gasteiger partial charge in [0.2, 0.25) is 0 Å². The summed E-state index contributed by atoms with van der Waals surface area (Å²) in [5, 5.41) is 0. The minimum absolute atomic E-state index is 0.0353. The zero-order valence-electron chi connectivity index (χ0n) is 12.5. The van der Waals surface area contributed by atoms with E-state index in [2.05, 4.69) is 6.92 Å².